The van der Waals surface area contributed by atoms with Crippen molar-refractivity contribution in [1.82, 2.24) is 10.2 Å². The smallest absolute Gasteiger partial charge is 0.206 e. The van der Waals surface area contributed by atoms with Gasteiger partial charge in [-0.05, 0) is 5.56 Å². The van der Waals surface area contributed by atoms with Crippen molar-refractivity contribution in [2.75, 3.05) is 43.9 Å². The maximum absolute atomic E-state index is 10.2. The number of hydrogen-bond donors (Lipinski definition) is 3. The first-order valence-corrected chi connectivity index (χ1v) is 9.93. The Morgan fingerprint density at radius 3 is 2.83 bits per heavy atom. The second-order valence-electron chi connectivity index (χ2n) is 5.74. The SMILES string of the molecule is O[C@H](CSc1nnc(NCc2ccccc2)s1)C[NH+]1CCOCC1. The van der Waals surface area contributed by atoms with Crippen LogP contribution in [0.4, 0.5) is 5.13 Å². The minimum Gasteiger partial charge on any atom is -0.386 e. The number of aliphatic hydroxyl groups excluding tert-OH is 1. The van der Waals surface area contributed by atoms with Gasteiger partial charge in [-0.2, -0.15) is 0 Å². The quantitative estimate of drug-likeness (QED) is 0.591. The molecule has 130 valence electrons. The van der Waals surface area contributed by atoms with Crippen LogP contribution >= 0.6 is 23.1 Å². The molecule has 8 heteroatoms. The minimum atomic E-state index is -0.326. The van der Waals surface area contributed by atoms with Crippen LogP contribution in [0.15, 0.2) is 34.7 Å². The van der Waals surface area contributed by atoms with Gasteiger partial charge in [-0.25, -0.2) is 0 Å². The predicted octanol–water partition coefficient (Wildman–Crippen LogP) is 0.518. The first-order valence-electron chi connectivity index (χ1n) is 8.13. The number of ether oxygens (including phenoxy) is 1. The largest absolute Gasteiger partial charge is 0.386 e. The van der Waals surface area contributed by atoms with Crippen molar-refractivity contribution >= 4 is 28.2 Å². The number of benzene rings is 1. The normalized spacial score (nSPS) is 16.9. The van der Waals surface area contributed by atoms with E-state index in [1.54, 1.807) is 11.8 Å². The minimum absolute atomic E-state index is 0.326. The highest BCUT2D eigenvalue weighted by atomic mass is 32.2. The molecule has 0 saturated carbocycles. The van der Waals surface area contributed by atoms with Gasteiger partial charge >= 0.3 is 0 Å². The van der Waals surface area contributed by atoms with Gasteiger partial charge in [0.25, 0.3) is 0 Å². The molecule has 1 atom stereocenters. The number of aromatic nitrogens is 2. The Kier molecular flexibility index (Phi) is 6.86. The fourth-order valence-corrected chi connectivity index (χ4v) is 4.24. The summed E-state index contributed by atoms with van der Waals surface area (Å²) < 4.78 is 6.23. The van der Waals surface area contributed by atoms with E-state index in [9.17, 15) is 5.11 Å². The summed E-state index contributed by atoms with van der Waals surface area (Å²) in [5.41, 5.74) is 1.21. The number of thioether (sulfide) groups is 1. The molecule has 1 aromatic carbocycles. The summed E-state index contributed by atoms with van der Waals surface area (Å²) in [4.78, 5) is 1.41. The molecule has 0 amide bonds. The molecule has 2 aromatic rings. The van der Waals surface area contributed by atoms with Crippen molar-refractivity contribution in [3.63, 3.8) is 0 Å². The van der Waals surface area contributed by atoms with Gasteiger partial charge in [0.05, 0.1) is 13.2 Å². The standard InChI is InChI=1S/C16H22N4O2S2/c21-14(11-20-6-8-22-9-7-20)12-23-16-19-18-15(24-16)17-10-13-4-2-1-3-5-13/h1-5,14,21H,6-12H2,(H,17,18)/p+1/t14-/m0/s1. The summed E-state index contributed by atoms with van der Waals surface area (Å²) in [6.07, 6.45) is -0.326. The average Bonchev–Trinajstić information content (AvgIpc) is 3.08. The van der Waals surface area contributed by atoms with Crippen LogP contribution in [0.3, 0.4) is 0 Å². The third kappa shape index (κ3) is 5.71. The number of hydrogen-bond acceptors (Lipinski definition) is 7. The van der Waals surface area contributed by atoms with Gasteiger partial charge in [0.1, 0.15) is 25.7 Å². The lowest BCUT2D eigenvalue weighted by Crippen LogP contribution is -3.15. The summed E-state index contributed by atoms with van der Waals surface area (Å²) in [5.74, 6) is 0.650. The zero-order chi connectivity index (χ0) is 16.6. The van der Waals surface area contributed by atoms with E-state index in [1.807, 2.05) is 18.2 Å². The van der Waals surface area contributed by atoms with Gasteiger partial charge < -0.3 is 20.1 Å². The van der Waals surface area contributed by atoms with Gasteiger partial charge in [0.15, 0.2) is 4.34 Å². The Hall–Kier alpha value is -1.19. The maximum Gasteiger partial charge on any atom is 0.206 e. The Morgan fingerprint density at radius 2 is 2.04 bits per heavy atom. The number of nitrogens with zero attached hydrogens (tertiary/aromatic N) is 2. The molecule has 0 spiro atoms. The van der Waals surface area contributed by atoms with Crippen molar-refractivity contribution in [3.8, 4) is 0 Å². The number of nitrogens with one attached hydrogen (secondary N) is 2. The zero-order valence-electron chi connectivity index (χ0n) is 13.5. The summed E-state index contributed by atoms with van der Waals surface area (Å²) >= 11 is 3.10. The van der Waals surface area contributed by atoms with Crippen molar-refractivity contribution in [1.29, 1.82) is 0 Å². The van der Waals surface area contributed by atoms with E-state index >= 15 is 0 Å². The summed E-state index contributed by atoms with van der Waals surface area (Å²) in [6, 6.07) is 10.2. The molecule has 1 fully saturated rings. The topological polar surface area (TPSA) is 71.7 Å². The van der Waals surface area contributed by atoms with Gasteiger partial charge in [-0.3, -0.25) is 0 Å². The van der Waals surface area contributed by atoms with Crippen LogP contribution in [0, 0.1) is 0 Å². The van der Waals surface area contributed by atoms with E-state index in [1.165, 1.54) is 21.8 Å². The number of rotatable bonds is 8. The van der Waals surface area contributed by atoms with Crippen LogP contribution in [0.25, 0.3) is 0 Å². The Labute approximate surface area is 150 Å². The lowest BCUT2D eigenvalue weighted by atomic mass is 10.2. The molecule has 0 aliphatic carbocycles. The lowest BCUT2D eigenvalue weighted by molar-refractivity contribution is -0.910. The van der Waals surface area contributed by atoms with Crippen molar-refractivity contribution < 1.29 is 14.7 Å². The molecule has 3 rings (SSSR count). The van der Waals surface area contributed by atoms with Crippen molar-refractivity contribution in [3.05, 3.63) is 35.9 Å². The van der Waals surface area contributed by atoms with Crippen LogP contribution in [0.1, 0.15) is 5.56 Å². The van der Waals surface area contributed by atoms with Gasteiger partial charge in [-0.1, -0.05) is 53.4 Å². The third-order valence-electron chi connectivity index (χ3n) is 3.82. The fraction of sp³-hybridized carbons (Fsp3) is 0.500. The molecule has 0 radical (unpaired) electrons. The molecule has 1 saturated heterocycles. The molecule has 24 heavy (non-hydrogen) atoms. The predicted molar refractivity (Wildman–Crippen MR) is 96.8 cm³/mol. The third-order valence-corrected chi connectivity index (χ3v) is 5.98. The van der Waals surface area contributed by atoms with E-state index in [0.717, 1.165) is 48.9 Å². The number of aliphatic hydroxyl groups is 1. The maximum atomic E-state index is 10.2. The number of quaternary nitrogens is 1. The van der Waals surface area contributed by atoms with E-state index in [0.29, 0.717) is 5.75 Å². The molecule has 2 heterocycles. The number of morpholine rings is 1. The Morgan fingerprint density at radius 1 is 1.25 bits per heavy atom. The average molecular weight is 368 g/mol. The first-order chi connectivity index (χ1) is 11.8. The van der Waals surface area contributed by atoms with Crippen LogP contribution < -0.4 is 10.2 Å². The highest BCUT2D eigenvalue weighted by Gasteiger charge is 2.19. The monoisotopic (exact) mass is 367 g/mol. The molecule has 6 nitrogen and oxygen atoms in total. The lowest BCUT2D eigenvalue weighted by Gasteiger charge is -2.25. The van der Waals surface area contributed by atoms with E-state index < -0.39 is 0 Å². The fourth-order valence-electron chi connectivity index (χ4n) is 2.54. The van der Waals surface area contributed by atoms with Gasteiger partial charge in [-0.15, -0.1) is 10.2 Å². The summed E-state index contributed by atoms with van der Waals surface area (Å²) in [5, 5.41) is 22.6. The molecule has 1 aromatic heterocycles. The van der Waals surface area contributed by atoms with E-state index in [2.05, 4.69) is 27.6 Å². The van der Waals surface area contributed by atoms with Gasteiger partial charge in [0.2, 0.25) is 5.13 Å². The highest BCUT2D eigenvalue weighted by molar-refractivity contribution is 8.01. The van der Waals surface area contributed by atoms with Crippen molar-refractivity contribution in [2.24, 2.45) is 0 Å². The zero-order valence-corrected chi connectivity index (χ0v) is 15.1. The molecule has 0 unspecified atom stereocenters. The molecular weight excluding hydrogens is 344 g/mol. The number of anilines is 1. The van der Waals surface area contributed by atoms with E-state index in [4.69, 9.17) is 4.74 Å². The molecule has 1 aliphatic rings. The summed E-state index contributed by atoms with van der Waals surface area (Å²) in [7, 11) is 0. The highest BCUT2D eigenvalue weighted by Crippen LogP contribution is 2.26. The van der Waals surface area contributed by atoms with Crippen molar-refractivity contribution in [2.45, 2.75) is 17.0 Å². The van der Waals surface area contributed by atoms with Gasteiger partial charge in [0, 0.05) is 12.3 Å². The van der Waals surface area contributed by atoms with E-state index in [-0.39, 0.29) is 6.10 Å². The van der Waals surface area contributed by atoms with Crippen LogP contribution in [0.5, 0.6) is 0 Å². The first kappa shape index (κ1) is 17.6. The second kappa shape index (κ2) is 9.33. The Balaban J connectivity index is 1.39. The Bertz CT molecular complexity index is 605. The van der Waals surface area contributed by atoms with Crippen LogP contribution in [-0.2, 0) is 11.3 Å². The summed E-state index contributed by atoms with van der Waals surface area (Å²) in [6.45, 7) is 5.06. The molecular formula is C16H23N4O2S2+. The second-order valence-corrected chi connectivity index (χ2v) is 7.99. The molecule has 0 bridgehead atoms. The molecule has 3 N–H and O–H groups in total. The van der Waals surface area contributed by atoms with Crippen LogP contribution in [-0.4, -0.2) is 60.0 Å². The van der Waals surface area contributed by atoms with Crippen LogP contribution in [0.2, 0.25) is 0 Å². The molecule has 1 aliphatic heterocycles.